The second kappa shape index (κ2) is 10.3. The third-order valence-corrected chi connectivity index (χ3v) is 5.03. The molecule has 7 nitrogen and oxygen atoms in total. The first-order valence-corrected chi connectivity index (χ1v) is 9.97. The van der Waals surface area contributed by atoms with Crippen molar-refractivity contribution in [3.8, 4) is 17.6 Å². The summed E-state index contributed by atoms with van der Waals surface area (Å²) in [5.74, 6) is -0.598. The van der Waals surface area contributed by atoms with Crippen molar-refractivity contribution in [3.63, 3.8) is 0 Å². The summed E-state index contributed by atoms with van der Waals surface area (Å²) >= 11 is 0. The Morgan fingerprint density at radius 2 is 1.97 bits per heavy atom. The van der Waals surface area contributed by atoms with E-state index in [1.54, 1.807) is 21.1 Å². The van der Waals surface area contributed by atoms with E-state index in [0.717, 1.165) is 22.0 Å². The van der Waals surface area contributed by atoms with Gasteiger partial charge < -0.3 is 19.2 Å². The summed E-state index contributed by atoms with van der Waals surface area (Å²) in [6.07, 6.45) is 3.31. The number of hydrogen-bond donors (Lipinski definition) is 1. The molecule has 2 aromatic carbocycles. The molecular formula is C24H25N3O4. The quantitative estimate of drug-likeness (QED) is 0.416. The Bertz CT molecular complexity index is 1110. The maximum absolute atomic E-state index is 11.9. The van der Waals surface area contributed by atoms with Gasteiger partial charge in [-0.15, -0.1) is 0 Å². The number of nitrogens with one attached hydrogen (secondary N) is 1. The normalized spacial score (nSPS) is 13.0. The first kappa shape index (κ1) is 21.9. The number of nitriles is 1. The minimum absolute atomic E-state index is 0.195. The number of aromatic nitrogens is 1. The Morgan fingerprint density at radius 1 is 1.16 bits per heavy atom. The smallest absolute Gasteiger partial charge is 0.328 e. The number of rotatable bonds is 9. The Hall–Kier alpha value is -3.79. The lowest BCUT2D eigenvalue weighted by Gasteiger charge is -2.20. The van der Waals surface area contributed by atoms with Crippen LogP contribution in [0.3, 0.4) is 0 Å². The minimum Gasteiger partial charge on any atom is -0.493 e. The highest BCUT2D eigenvalue weighted by atomic mass is 16.5. The zero-order chi connectivity index (χ0) is 22.2. The SMILES string of the molecule is CCOC(=O)[C@H](C#N)C=NC[C@H](c1cccc(OC)c1OC)c1c[nH]c2ccccc12. The molecule has 0 aliphatic heterocycles. The number of carbonyl (C=O) groups excluding carboxylic acids is 1. The van der Waals surface area contributed by atoms with Crippen molar-refractivity contribution in [2.75, 3.05) is 27.4 Å². The number of carbonyl (C=O) groups is 1. The maximum Gasteiger partial charge on any atom is 0.328 e. The standard InChI is InChI=1S/C24H25N3O4/c1-4-31-24(28)16(12-25)13-26-14-19(18-9-7-11-22(29-2)23(18)30-3)20-15-27-21-10-6-5-8-17(20)21/h5-11,13,15-16,19,27H,4,14H2,1-3H3/t16-,19-/m1/s1. The monoisotopic (exact) mass is 419 g/mol. The van der Waals surface area contributed by atoms with E-state index in [2.05, 4.69) is 9.98 Å². The van der Waals surface area contributed by atoms with Crippen LogP contribution in [0.5, 0.6) is 11.5 Å². The molecule has 0 aliphatic rings. The lowest BCUT2D eigenvalue weighted by Crippen LogP contribution is -2.18. The fraction of sp³-hybridized carbons (Fsp3) is 0.292. The third kappa shape index (κ3) is 4.69. The number of fused-ring (bicyclic) bond motifs is 1. The second-order valence-corrected chi connectivity index (χ2v) is 6.80. The minimum atomic E-state index is -1.05. The van der Waals surface area contributed by atoms with Gasteiger partial charge in [-0.1, -0.05) is 30.3 Å². The van der Waals surface area contributed by atoms with Crippen LogP contribution in [0.1, 0.15) is 24.0 Å². The molecular weight excluding hydrogens is 394 g/mol. The highest BCUT2D eigenvalue weighted by Gasteiger charge is 2.24. The largest absolute Gasteiger partial charge is 0.493 e. The van der Waals surface area contributed by atoms with Gasteiger partial charge in [-0.05, 0) is 24.6 Å². The molecule has 0 amide bonds. The molecule has 0 bridgehead atoms. The molecule has 1 heterocycles. The molecule has 2 atom stereocenters. The second-order valence-electron chi connectivity index (χ2n) is 6.80. The summed E-state index contributed by atoms with van der Waals surface area (Å²) in [5.41, 5.74) is 2.94. The van der Waals surface area contributed by atoms with Crippen molar-refractivity contribution >= 4 is 23.1 Å². The van der Waals surface area contributed by atoms with Gasteiger partial charge in [0.05, 0.1) is 26.9 Å². The highest BCUT2D eigenvalue weighted by Crippen LogP contribution is 2.40. The molecule has 0 unspecified atom stereocenters. The molecule has 0 aliphatic carbocycles. The molecule has 1 aromatic heterocycles. The first-order valence-electron chi connectivity index (χ1n) is 9.97. The molecule has 0 spiro atoms. The van der Waals surface area contributed by atoms with Crippen molar-refractivity contribution < 1.29 is 19.0 Å². The van der Waals surface area contributed by atoms with Gasteiger partial charge in [0, 0.05) is 41.3 Å². The first-order chi connectivity index (χ1) is 15.1. The number of aliphatic imine (C=N–C) groups is 1. The summed E-state index contributed by atoms with van der Waals surface area (Å²) in [7, 11) is 3.20. The van der Waals surface area contributed by atoms with Crippen LogP contribution in [-0.4, -0.2) is 44.5 Å². The van der Waals surface area contributed by atoms with E-state index in [-0.39, 0.29) is 12.5 Å². The molecule has 0 radical (unpaired) electrons. The van der Waals surface area contributed by atoms with Gasteiger partial charge in [0.25, 0.3) is 0 Å². The van der Waals surface area contributed by atoms with Gasteiger partial charge in [0.1, 0.15) is 0 Å². The summed E-state index contributed by atoms with van der Waals surface area (Å²) in [4.78, 5) is 19.7. The number of methoxy groups -OCH3 is 2. The van der Waals surface area contributed by atoms with E-state index < -0.39 is 11.9 Å². The topological polar surface area (TPSA) is 96.7 Å². The van der Waals surface area contributed by atoms with Crippen LogP contribution in [0, 0.1) is 17.2 Å². The van der Waals surface area contributed by atoms with Crippen LogP contribution in [0.2, 0.25) is 0 Å². The molecule has 1 N–H and O–H groups in total. The fourth-order valence-corrected chi connectivity index (χ4v) is 3.58. The molecule has 7 heteroatoms. The molecule has 0 fully saturated rings. The van der Waals surface area contributed by atoms with Crippen molar-refractivity contribution in [1.82, 2.24) is 4.98 Å². The van der Waals surface area contributed by atoms with Gasteiger partial charge in [0.2, 0.25) is 0 Å². The van der Waals surface area contributed by atoms with Crippen molar-refractivity contribution in [3.05, 3.63) is 59.8 Å². The number of ether oxygens (including phenoxy) is 3. The molecule has 3 rings (SSSR count). The number of esters is 1. The van der Waals surface area contributed by atoms with Gasteiger partial charge in [-0.25, -0.2) is 0 Å². The molecule has 0 saturated heterocycles. The van der Waals surface area contributed by atoms with E-state index in [9.17, 15) is 10.1 Å². The zero-order valence-electron chi connectivity index (χ0n) is 17.8. The van der Waals surface area contributed by atoms with E-state index in [1.165, 1.54) is 6.21 Å². The van der Waals surface area contributed by atoms with Crippen LogP contribution < -0.4 is 9.47 Å². The highest BCUT2D eigenvalue weighted by molar-refractivity contribution is 5.93. The van der Waals surface area contributed by atoms with E-state index in [0.29, 0.717) is 18.0 Å². The molecule has 160 valence electrons. The summed E-state index contributed by atoms with van der Waals surface area (Å²) in [6.45, 7) is 2.22. The average molecular weight is 419 g/mol. The maximum atomic E-state index is 11.9. The van der Waals surface area contributed by atoms with Crippen LogP contribution in [0.15, 0.2) is 53.7 Å². The Labute approximate surface area is 181 Å². The predicted molar refractivity (Wildman–Crippen MR) is 119 cm³/mol. The van der Waals surface area contributed by atoms with E-state index in [1.807, 2.05) is 54.7 Å². The number of para-hydroxylation sites is 2. The summed E-state index contributed by atoms with van der Waals surface area (Å²) < 4.78 is 16.1. The zero-order valence-corrected chi connectivity index (χ0v) is 17.8. The Balaban J connectivity index is 2.03. The van der Waals surface area contributed by atoms with Crippen molar-refractivity contribution in [2.45, 2.75) is 12.8 Å². The molecule has 31 heavy (non-hydrogen) atoms. The summed E-state index contributed by atoms with van der Waals surface area (Å²) in [6, 6.07) is 15.6. The molecule has 3 aromatic rings. The van der Waals surface area contributed by atoms with Crippen LogP contribution in [0.4, 0.5) is 0 Å². The van der Waals surface area contributed by atoms with Crippen LogP contribution >= 0.6 is 0 Å². The molecule has 0 saturated carbocycles. The van der Waals surface area contributed by atoms with Crippen molar-refractivity contribution in [1.29, 1.82) is 5.26 Å². The number of aromatic amines is 1. The van der Waals surface area contributed by atoms with Gasteiger partial charge in [-0.3, -0.25) is 9.79 Å². The Morgan fingerprint density at radius 3 is 2.68 bits per heavy atom. The van der Waals surface area contributed by atoms with E-state index in [4.69, 9.17) is 14.2 Å². The predicted octanol–water partition coefficient (Wildman–Crippen LogP) is 4.09. The van der Waals surface area contributed by atoms with Crippen LogP contribution in [-0.2, 0) is 9.53 Å². The number of H-pyrrole nitrogens is 1. The fourth-order valence-electron chi connectivity index (χ4n) is 3.58. The van der Waals surface area contributed by atoms with Gasteiger partial charge >= 0.3 is 5.97 Å². The Kier molecular flexibility index (Phi) is 7.28. The van der Waals surface area contributed by atoms with E-state index >= 15 is 0 Å². The van der Waals surface area contributed by atoms with Gasteiger partial charge in [-0.2, -0.15) is 5.26 Å². The third-order valence-electron chi connectivity index (χ3n) is 5.03. The van der Waals surface area contributed by atoms with Crippen molar-refractivity contribution in [2.24, 2.45) is 10.9 Å². The van der Waals surface area contributed by atoms with Crippen LogP contribution in [0.25, 0.3) is 10.9 Å². The summed E-state index contributed by atoms with van der Waals surface area (Å²) in [5, 5.41) is 10.4. The van der Waals surface area contributed by atoms with Gasteiger partial charge in [0.15, 0.2) is 17.4 Å². The number of hydrogen-bond acceptors (Lipinski definition) is 6. The number of benzene rings is 2. The lowest BCUT2D eigenvalue weighted by atomic mass is 9.90. The average Bonchev–Trinajstić information content (AvgIpc) is 3.22. The number of nitrogens with zero attached hydrogens (tertiary/aromatic N) is 2. The lowest BCUT2D eigenvalue weighted by molar-refractivity contribution is -0.143.